The summed E-state index contributed by atoms with van der Waals surface area (Å²) in [4.78, 5) is 4.01. The fourth-order valence-electron chi connectivity index (χ4n) is 1.93. The summed E-state index contributed by atoms with van der Waals surface area (Å²) in [6.45, 7) is 0. The van der Waals surface area contributed by atoms with E-state index < -0.39 is 10.0 Å². The number of hydrogen-bond acceptors (Lipinski definition) is 4. The Labute approximate surface area is 109 Å². The van der Waals surface area contributed by atoms with Gasteiger partial charge in [0.25, 0.3) is 10.0 Å². The predicted molar refractivity (Wildman–Crippen MR) is 70.4 cm³/mol. The van der Waals surface area contributed by atoms with E-state index >= 15 is 0 Å². The summed E-state index contributed by atoms with van der Waals surface area (Å²) in [6.07, 6.45) is 4.10. The van der Waals surface area contributed by atoms with Crippen LogP contribution in [-0.4, -0.2) is 22.5 Å². The molecule has 1 aromatic carbocycles. The Hall–Kier alpha value is -2.34. The van der Waals surface area contributed by atoms with Crippen LogP contribution < -0.4 is 0 Å². The van der Waals surface area contributed by atoms with Crippen molar-refractivity contribution in [1.29, 1.82) is 0 Å². The maximum atomic E-state index is 12.5. The Balaban J connectivity index is 2.29. The third kappa shape index (κ3) is 1.77. The van der Waals surface area contributed by atoms with Crippen LogP contribution in [0, 0.1) is 0 Å². The predicted octanol–water partition coefficient (Wildman–Crippen LogP) is 1.98. The van der Waals surface area contributed by atoms with E-state index in [1.54, 1.807) is 24.3 Å². The number of aromatic nitrogens is 2. The van der Waals surface area contributed by atoms with Crippen molar-refractivity contribution in [3.63, 3.8) is 0 Å². The highest BCUT2D eigenvalue weighted by molar-refractivity contribution is 7.90. The molecule has 0 unspecified atom stereocenters. The first-order valence-corrected chi connectivity index (χ1v) is 6.99. The smallest absolute Gasteiger partial charge is 0.268 e. The van der Waals surface area contributed by atoms with E-state index in [1.165, 1.54) is 30.7 Å². The molecular formula is C13H10N2O3S. The molecule has 2 aromatic heterocycles. The highest BCUT2D eigenvalue weighted by atomic mass is 32.2. The molecule has 2 heterocycles. The zero-order valence-corrected chi connectivity index (χ0v) is 10.6. The lowest BCUT2D eigenvalue weighted by atomic mass is 10.3. The van der Waals surface area contributed by atoms with Crippen molar-refractivity contribution in [2.45, 2.75) is 4.90 Å². The van der Waals surface area contributed by atoms with Crippen LogP contribution in [0.1, 0.15) is 0 Å². The number of aromatic hydroxyl groups is 1. The van der Waals surface area contributed by atoms with Gasteiger partial charge in [0.1, 0.15) is 5.75 Å². The van der Waals surface area contributed by atoms with Crippen LogP contribution in [-0.2, 0) is 10.0 Å². The highest BCUT2D eigenvalue weighted by Gasteiger charge is 2.19. The molecule has 0 spiro atoms. The van der Waals surface area contributed by atoms with Crippen molar-refractivity contribution < 1.29 is 13.5 Å². The lowest BCUT2D eigenvalue weighted by Crippen LogP contribution is -2.11. The molecular weight excluding hydrogens is 264 g/mol. The third-order valence-electron chi connectivity index (χ3n) is 2.86. The molecule has 3 rings (SSSR count). The number of benzene rings is 1. The Morgan fingerprint density at radius 3 is 2.53 bits per heavy atom. The summed E-state index contributed by atoms with van der Waals surface area (Å²) in [6, 6.07) is 9.67. The van der Waals surface area contributed by atoms with E-state index in [2.05, 4.69) is 4.98 Å². The molecule has 0 aliphatic heterocycles. The maximum absolute atomic E-state index is 12.5. The summed E-state index contributed by atoms with van der Waals surface area (Å²) < 4.78 is 26.1. The van der Waals surface area contributed by atoms with Gasteiger partial charge in [-0.15, -0.1) is 0 Å². The molecule has 0 saturated carbocycles. The molecule has 96 valence electrons. The zero-order valence-electron chi connectivity index (χ0n) is 9.76. The van der Waals surface area contributed by atoms with Crippen LogP contribution in [0.5, 0.6) is 5.75 Å². The average Bonchev–Trinajstić information content (AvgIpc) is 2.86. The fourth-order valence-corrected chi connectivity index (χ4v) is 3.29. The first-order valence-electron chi connectivity index (χ1n) is 5.55. The van der Waals surface area contributed by atoms with Crippen LogP contribution in [0.15, 0.2) is 59.9 Å². The molecule has 0 fully saturated rings. The summed E-state index contributed by atoms with van der Waals surface area (Å²) in [5, 5.41) is 10.1. The number of fused-ring (bicyclic) bond motifs is 1. The zero-order chi connectivity index (χ0) is 13.5. The van der Waals surface area contributed by atoms with E-state index in [0.29, 0.717) is 10.9 Å². The number of pyridine rings is 1. The van der Waals surface area contributed by atoms with Crippen LogP contribution in [0.3, 0.4) is 0 Å². The van der Waals surface area contributed by atoms with E-state index in [4.69, 9.17) is 0 Å². The van der Waals surface area contributed by atoms with Gasteiger partial charge in [-0.3, -0.25) is 4.98 Å². The normalized spacial score (nSPS) is 11.8. The van der Waals surface area contributed by atoms with Gasteiger partial charge in [-0.05, 0) is 18.2 Å². The minimum atomic E-state index is -3.67. The fraction of sp³-hybridized carbons (Fsp3) is 0. The van der Waals surface area contributed by atoms with E-state index in [-0.39, 0.29) is 10.6 Å². The van der Waals surface area contributed by atoms with Gasteiger partial charge < -0.3 is 5.11 Å². The molecule has 0 amide bonds. The molecule has 0 aliphatic rings. The van der Waals surface area contributed by atoms with Gasteiger partial charge in [0.15, 0.2) is 0 Å². The van der Waals surface area contributed by atoms with Crippen molar-refractivity contribution in [2.24, 2.45) is 0 Å². The van der Waals surface area contributed by atoms with Gasteiger partial charge in [0.05, 0.1) is 22.8 Å². The summed E-state index contributed by atoms with van der Waals surface area (Å²) in [5.41, 5.74) is 0.351. The Morgan fingerprint density at radius 1 is 1.05 bits per heavy atom. The molecule has 0 radical (unpaired) electrons. The van der Waals surface area contributed by atoms with Crippen molar-refractivity contribution in [3.05, 3.63) is 55.0 Å². The quantitative estimate of drug-likeness (QED) is 0.775. The van der Waals surface area contributed by atoms with E-state index in [9.17, 15) is 13.5 Å². The second-order valence-corrected chi connectivity index (χ2v) is 5.84. The summed E-state index contributed by atoms with van der Waals surface area (Å²) in [5.74, 6) is -0.0421. The number of nitrogens with zero attached hydrogens (tertiary/aromatic N) is 2. The summed E-state index contributed by atoms with van der Waals surface area (Å²) >= 11 is 0. The van der Waals surface area contributed by atoms with Crippen molar-refractivity contribution >= 4 is 20.9 Å². The second-order valence-electron chi connectivity index (χ2n) is 4.02. The average molecular weight is 274 g/mol. The largest absolute Gasteiger partial charge is 0.506 e. The van der Waals surface area contributed by atoms with Gasteiger partial charge in [0, 0.05) is 11.6 Å². The van der Waals surface area contributed by atoms with Crippen LogP contribution >= 0.6 is 0 Å². The molecule has 3 aromatic rings. The highest BCUT2D eigenvalue weighted by Crippen LogP contribution is 2.26. The maximum Gasteiger partial charge on any atom is 0.268 e. The van der Waals surface area contributed by atoms with Crippen molar-refractivity contribution in [2.75, 3.05) is 0 Å². The van der Waals surface area contributed by atoms with E-state index in [0.717, 1.165) is 3.97 Å². The lowest BCUT2D eigenvalue weighted by molar-refractivity contribution is 0.479. The molecule has 0 bridgehead atoms. The third-order valence-corrected chi connectivity index (χ3v) is 4.56. The summed E-state index contributed by atoms with van der Waals surface area (Å²) in [7, 11) is -3.67. The molecule has 6 heteroatoms. The van der Waals surface area contributed by atoms with Gasteiger partial charge in [-0.25, -0.2) is 12.4 Å². The second kappa shape index (κ2) is 4.10. The van der Waals surface area contributed by atoms with Gasteiger partial charge in [-0.1, -0.05) is 18.2 Å². The van der Waals surface area contributed by atoms with Gasteiger partial charge in [0.2, 0.25) is 0 Å². The Bertz CT molecular complexity index is 839. The van der Waals surface area contributed by atoms with E-state index in [1.807, 2.05) is 0 Å². The first kappa shape index (κ1) is 11.7. The minimum Gasteiger partial charge on any atom is -0.506 e. The molecule has 5 nitrogen and oxygen atoms in total. The molecule has 0 saturated heterocycles. The molecule has 19 heavy (non-hydrogen) atoms. The Morgan fingerprint density at radius 2 is 1.79 bits per heavy atom. The van der Waals surface area contributed by atoms with Gasteiger partial charge >= 0.3 is 0 Å². The lowest BCUT2D eigenvalue weighted by Gasteiger charge is -2.07. The van der Waals surface area contributed by atoms with Crippen LogP contribution in [0.2, 0.25) is 0 Å². The SMILES string of the molecule is O=S(=O)(c1ccccc1)n1ccc2c(O)cncc21. The topological polar surface area (TPSA) is 72.2 Å². The molecule has 1 N–H and O–H groups in total. The molecule has 0 aliphatic carbocycles. The molecule has 0 atom stereocenters. The Kier molecular flexibility index (Phi) is 2.53. The standard InChI is InChI=1S/C13H10N2O3S/c16-13-9-14-8-12-11(13)6-7-15(12)19(17,18)10-4-2-1-3-5-10/h1-9,16H. The van der Waals surface area contributed by atoms with Crippen molar-refractivity contribution in [1.82, 2.24) is 8.96 Å². The van der Waals surface area contributed by atoms with Crippen LogP contribution in [0.4, 0.5) is 0 Å². The van der Waals surface area contributed by atoms with Crippen molar-refractivity contribution in [3.8, 4) is 5.75 Å². The number of rotatable bonds is 2. The monoisotopic (exact) mass is 274 g/mol. The number of hydrogen-bond donors (Lipinski definition) is 1. The van der Waals surface area contributed by atoms with Crippen LogP contribution in [0.25, 0.3) is 10.9 Å². The minimum absolute atomic E-state index is 0.0421. The first-order chi connectivity index (χ1) is 9.10. The van der Waals surface area contributed by atoms with Gasteiger partial charge in [-0.2, -0.15) is 0 Å².